The first-order valence-corrected chi connectivity index (χ1v) is 8.73. The van der Waals surface area contributed by atoms with Gasteiger partial charge in [-0.2, -0.15) is 0 Å². The van der Waals surface area contributed by atoms with Gasteiger partial charge in [-0.1, -0.05) is 13.0 Å². The van der Waals surface area contributed by atoms with E-state index >= 15 is 0 Å². The Morgan fingerprint density at radius 1 is 1.24 bits per heavy atom. The molecule has 1 saturated heterocycles. The monoisotopic (exact) mass is 341 g/mol. The van der Waals surface area contributed by atoms with E-state index in [9.17, 15) is 9.18 Å². The average Bonchev–Trinajstić information content (AvgIpc) is 2.58. The number of amides is 2. The van der Waals surface area contributed by atoms with Crippen molar-refractivity contribution in [2.45, 2.75) is 39.7 Å². The van der Waals surface area contributed by atoms with Gasteiger partial charge in [-0.25, -0.2) is 9.18 Å². The number of aryl methyl sites for hydroxylation is 1. The second-order valence-electron chi connectivity index (χ2n) is 7.04. The molecule has 0 saturated carbocycles. The molecule has 3 rings (SSSR count). The number of rotatable bonds is 2. The van der Waals surface area contributed by atoms with Crippen molar-refractivity contribution in [3.8, 4) is 11.1 Å². The third-order valence-corrected chi connectivity index (χ3v) is 4.88. The number of pyridine rings is 1. The van der Waals surface area contributed by atoms with Gasteiger partial charge in [0.05, 0.1) is 6.20 Å². The van der Waals surface area contributed by atoms with E-state index in [0.717, 1.165) is 30.5 Å². The van der Waals surface area contributed by atoms with Crippen molar-refractivity contribution in [2.75, 3.05) is 11.9 Å². The Hall–Kier alpha value is -2.43. The summed E-state index contributed by atoms with van der Waals surface area (Å²) in [6.45, 7) is 7.00. The minimum absolute atomic E-state index is 0.0776. The molecule has 0 bridgehead atoms. The van der Waals surface area contributed by atoms with E-state index < -0.39 is 0 Å². The summed E-state index contributed by atoms with van der Waals surface area (Å²) in [5, 5.41) is 2.99. The summed E-state index contributed by atoms with van der Waals surface area (Å²) in [4.78, 5) is 18.5. The van der Waals surface area contributed by atoms with Gasteiger partial charge in [0.25, 0.3) is 0 Å². The Bertz CT molecular complexity index is 777. The van der Waals surface area contributed by atoms with Crippen LogP contribution in [0.1, 0.15) is 32.3 Å². The van der Waals surface area contributed by atoms with Crippen molar-refractivity contribution in [3.63, 3.8) is 0 Å². The van der Waals surface area contributed by atoms with Crippen LogP contribution in [0.4, 0.5) is 14.9 Å². The topological polar surface area (TPSA) is 45.2 Å². The van der Waals surface area contributed by atoms with Crippen LogP contribution in [0.15, 0.2) is 36.7 Å². The molecular weight excluding hydrogens is 317 g/mol. The highest BCUT2D eigenvalue weighted by Crippen LogP contribution is 2.27. The summed E-state index contributed by atoms with van der Waals surface area (Å²) in [5.74, 6) is 0.149. The van der Waals surface area contributed by atoms with Gasteiger partial charge >= 0.3 is 6.03 Å². The molecule has 1 N–H and O–H groups in total. The lowest BCUT2D eigenvalue weighted by molar-refractivity contribution is 0.147. The second-order valence-corrected chi connectivity index (χ2v) is 7.04. The van der Waals surface area contributed by atoms with Crippen molar-refractivity contribution in [1.29, 1.82) is 0 Å². The minimum Gasteiger partial charge on any atom is -0.322 e. The third-order valence-electron chi connectivity index (χ3n) is 4.88. The number of hydrogen-bond donors (Lipinski definition) is 1. The predicted octanol–water partition coefficient (Wildman–Crippen LogP) is 4.85. The maximum absolute atomic E-state index is 13.5. The van der Waals surface area contributed by atoms with Crippen molar-refractivity contribution in [2.24, 2.45) is 5.92 Å². The first-order chi connectivity index (χ1) is 11.9. The zero-order valence-electron chi connectivity index (χ0n) is 14.9. The molecule has 2 heterocycles. The normalized spacial score (nSPS) is 20.4. The lowest BCUT2D eigenvalue weighted by Gasteiger charge is -2.36. The van der Waals surface area contributed by atoms with Gasteiger partial charge < -0.3 is 10.2 Å². The van der Waals surface area contributed by atoms with Crippen LogP contribution in [0.3, 0.4) is 0 Å². The highest BCUT2D eigenvalue weighted by atomic mass is 19.1. The Kier molecular flexibility index (Phi) is 5.02. The van der Waals surface area contributed by atoms with Gasteiger partial charge in [0.1, 0.15) is 5.82 Å². The average molecular weight is 341 g/mol. The summed E-state index contributed by atoms with van der Waals surface area (Å²) in [6, 6.07) is 7.30. The molecule has 0 aliphatic carbocycles. The lowest BCUT2D eigenvalue weighted by atomic mass is 9.95. The number of halogens is 1. The third kappa shape index (κ3) is 3.98. The number of benzene rings is 1. The number of hydrogen-bond acceptors (Lipinski definition) is 2. The fourth-order valence-corrected chi connectivity index (χ4v) is 3.34. The van der Waals surface area contributed by atoms with Crippen LogP contribution in [-0.2, 0) is 0 Å². The van der Waals surface area contributed by atoms with Gasteiger partial charge in [-0.15, -0.1) is 0 Å². The smallest absolute Gasteiger partial charge is 0.322 e. The predicted molar refractivity (Wildman–Crippen MR) is 98.0 cm³/mol. The molecule has 1 aliphatic heterocycles. The number of aromatic nitrogens is 1. The summed E-state index contributed by atoms with van der Waals surface area (Å²) in [7, 11) is 0. The van der Waals surface area contributed by atoms with Crippen LogP contribution in [0.5, 0.6) is 0 Å². The summed E-state index contributed by atoms with van der Waals surface area (Å²) in [6.07, 6.45) is 5.00. The number of carbonyl (C=O) groups excluding carboxylic acids is 1. The molecule has 1 fully saturated rings. The van der Waals surface area contributed by atoms with Crippen LogP contribution >= 0.6 is 0 Å². The molecule has 0 radical (unpaired) electrons. The minimum atomic E-state index is -0.373. The van der Waals surface area contributed by atoms with Crippen molar-refractivity contribution in [1.82, 2.24) is 9.88 Å². The van der Waals surface area contributed by atoms with E-state index in [1.807, 2.05) is 30.0 Å². The van der Waals surface area contributed by atoms with E-state index in [1.54, 1.807) is 6.20 Å². The highest BCUT2D eigenvalue weighted by molar-refractivity contribution is 5.90. The zero-order valence-corrected chi connectivity index (χ0v) is 14.9. The fourth-order valence-electron chi connectivity index (χ4n) is 3.34. The molecule has 5 heteroatoms. The van der Waals surface area contributed by atoms with Crippen LogP contribution in [0, 0.1) is 18.7 Å². The number of likely N-dealkylation sites (tertiary alicyclic amines) is 1. The standard InChI is InChI=1S/C20H24FN3O/c1-13-4-6-15(3)24(12-13)20(25)23-18-7-5-14(2)19(9-18)16-8-17(21)11-22-10-16/h5,7-11,13,15H,4,6,12H2,1-3H3,(H,23,25). The first kappa shape index (κ1) is 17.4. The maximum Gasteiger partial charge on any atom is 0.322 e. The molecule has 1 aliphatic rings. The summed E-state index contributed by atoms with van der Waals surface area (Å²) in [5.41, 5.74) is 3.28. The van der Waals surface area contributed by atoms with Gasteiger partial charge in [0.2, 0.25) is 0 Å². The van der Waals surface area contributed by atoms with Gasteiger partial charge in [0.15, 0.2) is 0 Å². The van der Waals surface area contributed by atoms with E-state index in [2.05, 4.69) is 24.1 Å². The van der Waals surface area contributed by atoms with Crippen molar-refractivity contribution >= 4 is 11.7 Å². The highest BCUT2D eigenvalue weighted by Gasteiger charge is 2.26. The fraction of sp³-hybridized carbons (Fsp3) is 0.400. The van der Waals surface area contributed by atoms with E-state index in [-0.39, 0.29) is 17.9 Å². The number of nitrogens with zero attached hydrogens (tertiary/aromatic N) is 2. The molecular formula is C20H24FN3O. The zero-order chi connectivity index (χ0) is 18.0. The molecule has 2 unspecified atom stereocenters. The number of nitrogens with one attached hydrogen (secondary N) is 1. The van der Waals surface area contributed by atoms with Crippen LogP contribution < -0.4 is 5.32 Å². The Morgan fingerprint density at radius 2 is 2.04 bits per heavy atom. The Balaban J connectivity index is 1.81. The van der Waals surface area contributed by atoms with Crippen LogP contribution in [-0.4, -0.2) is 28.5 Å². The SMILES string of the molecule is Cc1ccc(NC(=O)N2CC(C)CCC2C)cc1-c1cncc(F)c1. The van der Waals surface area contributed by atoms with Crippen molar-refractivity contribution < 1.29 is 9.18 Å². The van der Waals surface area contributed by atoms with Crippen LogP contribution in [0.2, 0.25) is 0 Å². The van der Waals surface area contributed by atoms with E-state index in [4.69, 9.17) is 0 Å². The molecule has 2 atom stereocenters. The molecule has 1 aromatic heterocycles. The molecule has 2 amide bonds. The lowest BCUT2D eigenvalue weighted by Crippen LogP contribution is -2.46. The molecule has 1 aromatic carbocycles. The number of carbonyl (C=O) groups is 1. The van der Waals surface area contributed by atoms with Crippen LogP contribution in [0.25, 0.3) is 11.1 Å². The first-order valence-electron chi connectivity index (χ1n) is 8.73. The molecule has 25 heavy (non-hydrogen) atoms. The molecule has 0 spiro atoms. The van der Waals surface area contributed by atoms with Crippen molar-refractivity contribution in [3.05, 3.63) is 48.0 Å². The number of piperidine rings is 1. The molecule has 2 aromatic rings. The molecule has 132 valence electrons. The quantitative estimate of drug-likeness (QED) is 0.849. The van der Waals surface area contributed by atoms with Gasteiger partial charge in [0, 0.05) is 30.0 Å². The Labute approximate surface area is 148 Å². The van der Waals surface area contributed by atoms with E-state index in [1.165, 1.54) is 12.3 Å². The second kappa shape index (κ2) is 7.21. The largest absolute Gasteiger partial charge is 0.322 e. The molecule has 4 nitrogen and oxygen atoms in total. The summed E-state index contributed by atoms with van der Waals surface area (Å²) >= 11 is 0. The summed E-state index contributed by atoms with van der Waals surface area (Å²) < 4.78 is 13.5. The van der Waals surface area contributed by atoms with E-state index in [0.29, 0.717) is 17.2 Å². The number of anilines is 1. The van der Waals surface area contributed by atoms with Gasteiger partial charge in [-0.3, -0.25) is 4.98 Å². The Morgan fingerprint density at radius 3 is 2.80 bits per heavy atom. The van der Waals surface area contributed by atoms with Gasteiger partial charge in [-0.05, 0) is 61.9 Å². The number of urea groups is 1. The maximum atomic E-state index is 13.5.